The maximum absolute atomic E-state index is 12.9. The standard InChI is InChI=1S/C20H18N8O5S2/c1-33-24-13(12-9-35-20(21)22-12)16(29)23-14-17(30)28-15(19(31)32)10(8-34-18(14)28)6-26-7-11-4-2-3-5-27(11)25-26/h2-5,7,9,14,18H,6,8H2,1H3,(H3-,21,22,23,29,31,32)/b24-13-/t14-,18-/m1/s1. The van der Waals surface area contributed by atoms with Crippen LogP contribution in [0.15, 0.2) is 52.4 Å². The number of anilines is 1. The third-order valence-corrected chi connectivity index (χ3v) is 7.42. The number of carbonyl (C=O) groups excluding carboxylic acids is 3. The number of nitrogens with zero attached hydrogens (tertiary/aromatic N) is 6. The molecule has 1 fully saturated rings. The molecule has 5 rings (SSSR count). The molecular formula is C20H18N8O5S2. The van der Waals surface area contributed by atoms with Gasteiger partial charge in [-0.1, -0.05) is 11.2 Å². The molecule has 0 radical (unpaired) electrons. The van der Waals surface area contributed by atoms with Gasteiger partial charge in [-0.05, 0) is 12.1 Å². The molecule has 0 saturated carbocycles. The Hall–Kier alpha value is -3.98. The zero-order valence-electron chi connectivity index (χ0n) is 18.2. The molecule has 15 heteroatoms. The Balaban J connectivity index is 1.36. The van der Waals surface area contributed by atoms with Gasteiger partial charge in [0.2, 0.25) is 0 Å². The van der Waals surface area contributed by atoms with E-state index in [1.165, 1.54) is 24.3 Å². The molecule has 0 aliphatic carbocycles. The van der Waals surface area contributed by atoms with Gasteiger partial charge in [-0.2, -0.15) is 0 Å². The third kappa shape index (κ3) is 4.08. The number of β-lactam (4-membered cyclic amide) rings is 1. The summed E-state index contributed by atoms with van der Waals surface area (Å²) in [7, 11) is 1.27. The first-order chi connectivity index (χ1) is 16.9. The van der Waals surface area contributed by atoms with E-state index in [1.54, 1.807) is 21.6 Å². The van der Waals surface area contributed by atoms with Crippen molar-refractivity contribution in [1.29, 1.82) is 0 Å². The van der Waals surface area contributed by atoms with E-state index in [-0.39, 0.29) is 28.8 Å². The summed E-state index contributed by atoms with van der Waals surface area (Å²) < 4.78 is 3.26. The summed E-state index contributed by atoms with van der Waals surface area (Å²) in [6.07, 6.45) is 3.55. The van der Waals surface area contributed by atoms with Crippen molar-refractivity contribution in [3.8, 4) is 0 Å². The van der Waals surface area contributed by atoms with Gasteiger partial charge in [0, 0.05) is 16.7 Å². The Morgan fingerprint density at radius 2 is 2.26 bits per heavy atom. The zero-order chi connectivity index (χ0) is 24.7. The summed E-state index contributed by atoms with van der Waals surface area (Å²) in [5.74, 6) is -2.41. The molecule has 2 aliphatic rings. The van der Waals surface area contributed by atoms with Crippen LogP contribution in [0.1, 0.15) is 5.69 Å². The summed E-state index contributed by atoms with van der Waals surface area (Å²) >= 11 is 2.46. The van der Waals surface area contributed by atoms with Crippen molar-refractivity contribution < 1.29 is 28.8 Å². The summed E-state index contributed by atoms with van der Waals surface area (Å²) in [5, 5.41) is 23.9. The molecule has 5 heterocycles. The number of carboxylic acid groups (broad SMARTS) is 1. The molecule has 2 atom stereocenters. The Morgan fingerprint density at radius 3 is 2.94 bits per heavy atom. The topological polar surface area (TPSA) is 172 Å². The lowest BCUT2D eigenvalue weighted by atomic mass is 10.0. The van der Waals surface area contributed by atoms with Crippen molar-refractivity contribution in [3.05, 3.63) is 52.9 Å². The number of amides is 2. The van der Waals surface area contributed by atoms with Crippen molar-refractivity contribution in [2.24, 2.45) is 5.16 Å². The fraction of sp³-hybridized carbons (Fsp3) is 0.250. The largest absolute Gasteiger partial charge is 0.543 e. The second-order valence-electron chi connectivity index (χ2n) is 7.58. The fourth-order valence-electron chi connectivity index (χ4n) is 3.90. The molecule has 13 nitrogen and oxygen atoms in total. The highest BCUT2D eigenvalue weighted by Crippen LogP contribution is 2.40. The SMILES string of the molecule is CO/N=C(\C(=O)N[C@@H]1C(=O)N2C(C(=O)[O-])=C(Cn3cc4cccc[n+]4n3)CS[C@H]12)c1csc(N)n1. The molecule has 3 aromatic heterocycles. The van der Waals surface area contributed by atoms with Gasteiger partial charge in [-0.15, -0.1) is 32.3 Å². The van der Waals surface area contributed by atoms with Gasteiger partial charge in [0.1, 0.15) is 37.0 Å². The second-order valence-corrected chi connectivity index (χ2v) is 9.57. The van der Waals surface area contributed by atoms with Crippen molar-refractivity contribution >= 4 is 57.2 Å². The predicted octanol–water partition coefficient (Wildman–Crippen LogP) is -1.88. The highest BCUT2D eigenvalue weighted by Gasteiger charge is 2.53. The smallest absolute Gasteiger partial charge is 0.276 e. The van der Waals surface area contributed by atoms with Gasteiger partial charge < -0.3 is 25.8 Å². The lowest BCUT2D eigenvalue weighted by Crippen LogP contribution is -2.71. The molecule has 1 saturated heterocycles. The van der Waals surface area contributed by atoms with Crippen LogP contribution in [0.3, 0.4) is 0 Å². The van der Waals surface area contributed by atoms with E-state index < -0.39 is 29.2 Å². The molecule has 0 bridgehead atoms. The zero-order valence-corrected chi connectivity index (χ0v) is 19.8. The Labute approximate surface area is 205 Å². The van der Waals surface area contributed by atoms with E-state index in [0.717, 1.165) is 21.8 Å². The monoisotopic (exact) mass is 514 g/mol. The average molecular weight is 515 g/mol. The molecule has 3 aromatic rings. The number of hydrogen-bond donors (Lipinski definition) is 2. The van der Waals surface area contributed by atoms with Gasteiger partial charge in [0.25, 0.3) is 11.8 Å². The Morgan fingerprint density at radius 1 is 1.43 bits per heavy atom. The normalized spacial score (nSPS) is 20.0. The maximum atomic E-state index is 12.9. The highest BCUT2D eigenvalue weighted by molar-refractivity contribution is 8.00. The number of hydrogen-bond acceptors (Lipinski definition) is 11. The van der Waals surface area contributed by atoms with E-state index in [0.29, 0.717) is 11.3 Å². The lowest BCUT2D eigenvalue weighted by molar-refractivity contribution is -0.584. The number of thiazole rings is 1. The van der Waals surface area contributed by atoms with E-state index in [4.69, 9.17) is 10.6 Å². The number of aromatic nitrogens is 4. The minimum absolute atomic E-state index is 0.146. The number of nitrogen functional groups attached to an aromatic ring is 1. The predicted molar refractivity (Wildman–Crippen MR) is 123 cm³/mol. The number of carbonyl (C=O) groups is 3. The number of nitrogens with two attached hydrogens (primary N) is 1. The minimum atomic E-state index is -1.47. The number of pyridine rings is 1. The van der Waals surface area contributed by atoms with Crippen molar-refractivity contribution in [2.45, 2.75) is 18.0 Å². The van der Waals surface area contributed by atoms with Crippen molar-refractivity contribution in [1.82, 2.24) is 25.1 Å². The van der Waals surface area contributed by atoms with Crippen LogP contribution >= 0.6 is 23.1 Å². The first-order valence-corrected chi connectivity index (χ1v) is 12.2. The molecule has 0 spiro atoms. The molecular weight excluding hydrogens is 496 g/mol. The van der Waals surface area contributed by atoms with Gasteiger partial charge in [0.05, 0.1) is 16.9 Å². The summed E-state index contributed by atoms with van der Waals surface area (Å²) in [5.41, 5.74) is 6.81. The van der Waals surface area contributed by atoms with Crippen LogP contribution in [0.25, 0.3) is 5.52 Å². The van der Waals surface area contributed by atoms with E-state index in [1.807, 2.05) is 18.2 Å². The number of carboxylic acids is 1. The van der Waals surface area contributed by atoms with Crippen molar-refractivity contribution in [2.75, 3.05) is 18.6 Å². The number of nitrogens with one attached hydrogen (secondary N) is 1. The van der Waals surface area contributed by atoms with Crippen molar-refractivity contribution in [3.63, 3.8) is 0 Å². The number of aliphatic carboxylic acids is 1. The van der Waals surface area contributed by atoms with Gasteiger partial charge in [-0.3, -0.25) is 14.5 Å². The van der Waals surface area contributed by atoms with Crippen LogP contribution in [0.2, 0.25) is 0 Å². The van der Waals surface area contributed by atoms with E-state index >= 15 is 0 Å². The summed E-state index contributed by atoms with van der Waals surface area (Å²) in [4.78, 5) is 47.7. The second kappa shape index (κ2) is 8.99. The summed E-state index contributed by atoms with van der Waals surface area (Å²) in [6.45, 7) is 0.168. The molecule has 2 amide bonds. The third-order valence-electron chi connectivity index (χ3n) is 5.40. The number of oxime groups is 1. The quantitative estimate of drug-likeness (QED) is 0.158. The number of thioether (sulfide) groups is 1. The van der Waals surface area contributed by atoms with Crippen LogP contribution in [0, 0.1) is 0 Å². The van der Waals surface area contributed by atoms with Crippen LogP contribution < -0.4 is 20.7 Å². The molecule has 3 N–H and O–H groups in total. The molecule has 35 heavy (non-hydrogen) atoms. The Bertz CT molecular complexity index is 1380. The first kappa shape index (κ1) is 22.8. The lowest BCUT2D eigenvalue weighted by Gasteiger charge is -2.50. The number of fused-ring (bicyclic) bond motifs is 2. The van der Waals surface area contributed by atoms with E-state index in [9.17, 15) is 19.5 Å². The van der Waals surface area contributed by atoms with Crippen LogP contribution in [-0.4, -0.2) is 67.6 Å². The van der Waals surface area contributed by atoms with Crippen LogP contribution in [0.5, 0.6) is 0 Å². The highest BCUT2D eigenvalue weighted by atomic mass is 32.2. The van der Waals surface area contributed by atoms with Crippen LogP contribution in [0.4, 0.5) is 5.13 Å². The maximum Gasteiger partial charge on any atom is 0.276 e. The molecule has 2 aliphatic heterocycles. The van der Waals surface area contributed by atoms with Crippen LogP contribution in [-0.2, 0) is 25.8 Å². The van der Waals surface area contributed by atoms with Gasteiger partial charge in [0.15, 0.2) is 22.6 Å². The first-order valence-electron chi connectivity index (χ1n) is 10.2. The summed E-state index contributed by atoms with van der Waals surface area (Å²) in [6, 6.07) is 4.62. The fourth-order valence-corrected chi connectivity index (χ4v) is 5.78. The minimum Gasteiger partial charge on any atom is -0.543 e. The average Bonchev–Trinajstić information content (AvgIpc) is 3.45. The molecule has 180 valence electrons. The van der Waals surface area contributed by atoms with E-state index in [2.05, 4.69) is 20.7 Å². The number of rotatable bonds is 7. The Kier molecular flexibility index (Phi) is 5.86. The molecule has 0 aromatic carbocycles. The van der Waals surface area contributed by atoms with Gasteiger partial charge >= 0.3 is 0 Å². The molecule has 0 unspecified atom stereocenters. The van der Waals surface area contributed by atoms with Gasteiger partial charge in [-0.25, -0.2) is 4.98 Å².